The Bertz CT molecular complexity index is 1270. The fourth-order valence-electron chi connectivity index (χ4n) is 3.72. The van der Waals surface area contributed by atoms with Gasteiger partial charge in [0, 0.05) is 36.7 Å². The molecule has 2 aromatic heterocycles. The van der Waals surface area contributed by atoms with Crippen LogP contribution in [0, 0.1) is 5.92 Å². The summed E-state index contributed by atoms with van der Waals surface area (Å²) < 4.78 is 3.58. The number of nitrogens with zero attached hydrogens (tertiary/aromatic N) is 5. The van der Waals surface area contributed by atoms with Gasteiger partial charge in [-0.1, -0.05) is 17.3 Å². The summed E-state index contributed by atoms with van der Waals surface area (Å²) in [6.45, 7) is 0.508. The van der Waals surface area contributed by atoms with E-state index < -0.39 is 0 Å². The monoisotopic (exact) mass is 428 g/mol. The maximum absolute atomic E-state index is 13.4. The summed E-state index contributed by atoms with van der Waals surface area (Å²) in [6, 6.07) is 17.0. The number of amides is 2. The molecule has 0 spiro atoms. The fraction of sp³-hybridized carbons (Fsp3) is 0.250. The zero-order valence-corrected chi connectivity index (χ0v) is 17.8. The highest BCUT2D eigenvalue weighted by atomic mass is 16.2. The van der Waals surface area contributed by atoms with Gasteiger partial charge in [0.05, 0.1) is 12.1 Å². The van der Waals surface area contributed by atoms with Crippen molar-refractivity contribution < 1.29 is 9.59 Å². The average molecular weight is 428 g/mol. The number of anilines is 2. The number of benzene rings is 2. The first kappa shape index (κ1) is 20.0. The minimum Gasteiger partial charge on any atom is -0.357 e. The standard InChI is InChI=1S/C24H24N6O2/c1-28-13-12-17(14-28)15-29(20-10-8-19(9-11-20)25-24(32)18-6-7-18)23(31)16-30-22-5-3-2-4-21(22)26-27-30/h2-5,8-14,18H,6-7,15-16H2,1H3,(H,25,32). The Hall–Kier alpha value is -3.94. The van der Waals surface area contributed by atoms with Gasteiger partial charge in [0.1, 0.15) is 12.1 Å². The fourth-order valence-corrected chi connectivity index (χ4v) is 3.72. The quantitative estimate of drug-likeness (QED) is 0.489. The van der Waals surface area contributed by atoms with Crippen LogP contribution in [0.4, 0.5) is 11.4 Å². The van der Waals surface area contributed by atoms with Crippen LogP contribution in [0.3, 0.4) is 0 Å². The van der Waals surface area contributed by atoms with Crippen LogP contribution in [-0.4, -0.2) is 31.4 Å². The zero-order valence-electron chi connectivity index (χ0n) is 17.8. The number of nitrogens with one attached hydrogen (secondary N) is 1. The smallest absolute Gasteiger partial charge is 0.249 e. The Morgan fingerprint density at radius 1 is 1.09 bits per heavy atom. The van der Waals surface area contributed by atoms with E-state index in [0.717, 1.165) is 40.8 Å². The Morgan fingerprint density at radius 3 is 2.59 bits per heavy atom. The minimum atomic E-state index is -0.0979. The summed E-state index contributed by atoms with van der Waals surface area (Å²) in [5, 5.41) is 11.2. The van der Waals surface area contributed by atoms with Crippen molar-refractivity contribution in [1.82, 2.24) is 19.6 Å². The molecule has 2 heterocycles. The first-order valence-electron chi connectivity index (χ1n) is 10.7. The van der Waals surface area contributed by atoms with Crippen molar-refractivity contribution in [2.75, 3.05) is 10.2 Å². The lowest BCUT2D eigenvalue weighted by molar-refractivity contribution is -0.119. The number of carbonyl (C=O) groups is 2. The van der Waals surface area contributed by atoms with Crippen LogP contribution in [0.15, 0.2) is 67.0 Å². The van der Waals surface area contributed by atoms with E-state index in [-0.39, 0.29) is 24.3 Å². The van der Waals surface area contributed by atoms with E-state index in [9.17, 15) is 9.59 Å². The Morgan fingerprint density at radius 2 is 1.88 bits per heavy atom. The molecule has 0 bridgehead atoms. The number of hydrogen-bond donors (Lipinski definition) is 1. The van der Waals surface area contributed by atoms with E-state index >= 15 is 0 Å². The van der Waals surface area contributed by atoms with Crippen LogP contribution in [0.2, 0.25) is 0 Å². The first-order valence-corrected chi connectivity index (χ1v) is 10.7. The van der Waals surface area contributed by atoms with Gasteiger partial charge >= 0.3 is 0 Å². The van der Waals surface area contributed by atoms with Crippen LogP contribution in [0.25, 0.3) is 11.0 Å². The lowest BCUT2D eigenvalue weighted by atomic mass is 10.2. The Labute approximate surface area is 185 Å². The largest absolute Gasteiger partial charge is 0.357 e. The Balaban J connectivity index is 1.39. The molecule has 0 aliphatic heterocycles. The second kappa shape index (κ2) is 8.30. The van der Waals surface area contributed by atoms with Crippen LogP contribution >= 0.6 is 0 Å². The van der Waals surface area contributed by atoms with Crippen LogP contribution in [0.1, 0.15) is 18.4 Å². The molecule has 0 saturated heterocycles. The second-order valence-electron chi connectivity index (χ2n) is 8.21. The van der Waals surface area contributed by atoms with Crippen molar-refractivity contribution in [3.63, 3.8) is 0 Å². The van der Waals surface area contributed by atoms with Crippen molar-refractivity contribution in [2.45, 2.75) is 25.9 Å². The number of rotatable bonds is 7. The number of carbonyl (C=O) groups excluding carboxylic acids is 2. The van der Waals surface area contributed by atoms with E-state index in [1.165, 1.54) is 0 Å². The lowest BCUT2D eigenvalue weighted by Crippen LogP contribution is -2.33. The highest BCUT2D eigenvalue weighted by Crippen LogP contribution is 2.30. The molecule has 5 rings (SSSR count). The van der Waals surface area contributed by atoms with E-state index in [0.29, 0.717) is 6.54 Å². The van der Waals surface area contributed by atoms with Crippen LogP contribution in [0.5, 0.6) is 0 Å². The van der Waals surface area contributed by atoms with Gasteiger partial charge in [-0.2, -0.15) is 0 Å². The molecular formula is C24H24N6O2. The molecule has 8 heteroatoms. The molecule has 1 saturated carbocycles. The summed E-state index contributed by atoms with van der Waals surface area (Å²) in [6.07, 6.45) is 5.87. The van der Waals surface area contributed by atoms with Gasteiger partial charge in [-0.15, -0.1) is 5.10 Å². The highest BCUT2D eigenvalue weighted by Gasteiger charge is 2.29. The van der Waals surface area contributed by atoms with E-state index in [1.807, 2.05) is 78.6 Å². The van der Waals surface area contributed by atoms with Crippen LogP contribution in [-0.2, 0) is 29.7 Å². The van der Waals surface area contributed by atoms with Gasteiger partial charge in [0.15, 0.2) is 0 Å². The highest BCUT2D eigenvalue weighted by molar-refractivity contribution is 5.96. The van der Waals surface area contributed by atoms with Gasteiger partial charge in [-0.05, 0) is 60.9 Å². The molecule has 4 aromatic rings. The summed E-state index contributed by atoms with van der Waals surface area (Å²) in [5.74, 6) is 0.107. The molecule has 0 radical (unpaired) electrons. The molecule has 1 aliphatic carbocycles. The maximum Gasteiger partial charge on any atom is 0.249 e. The molecule has 0 unspecified atom stereocenters. The summed E-state index contributed by atoms with van der Waals surface area (Å²) in [5.41, 5.74) is 4.09. The summed E-state index contributed by atoms with van der Waals surface area (Å²) in [7, 11) is 1.95. The molecule has 2 amide bonds. The van der Waals surface area contributed by atoms with E-state index in [2.05, 4.69) is 15.6 Å². The topological polar surface area (TPSA) is 85.1 Å². The third-order valence-corrected chi connectivity index (χ3v) is 5.63. The number of aryl methyl sites for hydroxylation is 1. The van der Waals surface area contributed by atoms with Crippen LogP contribution < -0.4 is 10.2 Å². The second-order valence-corrected chi connectivity index (χ2v) is 8.21. The molecule has 1 N–H and O–H groups in total. The van der Waals surface area contributed by atoms with Crippen molar-refractivity contribution in [3.8, 4) is 0 Å². The number of aromatic nitrogens is 4. The van der Waals surface area contributed by atoms with Gasteiger partial charge in [0.25, 0.3) is 0 Å². The number of hydrogen-bond acceptors (Lipinski definition) is 4. The Kier molecular flexibility index (Phi) is 5.18. The minimum absolute atomic E-state index is 0.0630. The third-order valence-electron chi connectivity index (χ3n) is 5.63. The predicted molar refractivity (Wildman–Crippen MR) is 122 cm³/mol. The van der Waals surface area contributed by atoms with Crippen molar-refractivity contribution in [1.29, 1.82) is 0 Å². The summed E-state index contributed by atoms with van der Waals surface area (Å²) in [4.78, 5) is 27.2. The van der Waals surface area contributed by atoms with E-state index in [4.69, 9.17) is 0 Å². The average Bonchev–Trinajstić information content (AvgIpc) is 3.47. The molecule has 8 nitrogen and oxygen atoms in total. The van der Waals surface area contributed by atoms with Gasteiger partial charge in [0.2, 0.25) is 11.8 Å². The third kappa shape index (κ3) is 4.25. The lowest BCUT2D eigenvalue weighted by Gasteiger charge is -2.23. The molecule has 1 aliphatic rings. The molecular weight excluding hydrogens is 404 g/mol. The molecule has 2 aromatic carbocycles. The normalized spacial score (nSPS) is 13.3. The van der Waals surface area contributed by atoms with Crippen molar-refractivity contribution >= 4 is 34.2 Å². The van der Waals surface area contributed by atoms with Gasteiger partial charge in [-0.25, -0.2) is 4.68 Å². The first-order chi connectivity index (χ1) is 15.6. The van der Waals surface area contributed by atoms with E-state index in [1.54, 1.807) is 9.58 Å². The van der Waals surface area contributed by atoms with Crippen molar-refractivity contribution in [2.24, 2.45) is 13.0 Å². The molecule has 162 valence electrons. The summed E-state index contributed by atoms with van der Waals surface area (Å²) >= 11 is 0. The number of fused-ring (bicyclic) bond motifs is 1. The van der Waals surface area contributed by atoms with Gasteiger partial charge < -0.3 is 14.8 Å². The molecule has 32 heavy (non-hydrogen) atoms. The molecule has 0 atom stereocenters. The van der Waals surface area contributed by atoms with Gasteiger partial charge in [-0.3, -0.25) is 9.59 Å². The number of para-hydroxylation sites is 1. The zero-order chi connectivity index (χ0) is 22.1. The molecule has 1 fully saturated rings. The maximum atomic E-state index is 13.4. The van der Waals surface area contributed by atoms with Crippen molar-refractivity contribution in [3.05, 3.63) is 72.6 Å². The SMILES string of the molecule is Cn1ccc(CN(C(=O)Cn2nnc3ccccc32)c2ccc(NC(=O)C3CC3)cc2)c1. The predicted octanol–water partition coefficient (Wildman–Crippen LogP) is 3.35.